The third kappa shape index (κ3) is 3.04. The minimum Gasteiger partial charge on any atom is -0.358 e. The van der Waals surface area contributed by atoms with Crippen LogP contribution in [0.2, 0.25) is 0 Å². The van der Waals surface area contributed by atoms with Gasteiger partial charge < -0.3 is 10.3 Å². The van der Waals surface area contributed by atoms with Crippen molar-refractivity contribution >= 4 is 23.4 Å². The maximum absolute atomic E-state index is 5.24. The lowest BCUT2D eigenvalue weighted by atomic mass is 10.5. The quantitative estimate of drug-likeness (QED) is 0.550. The van der Waals surface area contributed by atoms with Crippen LogP contribution in [0.4, 0.5) is 11.6 Å². The van der Waals surface area contributed by atoms with Crippen LogP contribution < -0.4 is 16.2 Å². The molecule has 0 amide bonds. The van der Waals surface area contributed by atoms with E-state index < -0.39 is 0 Å². The van der Waals surface area contributed by atoms with E-state index in [1.165, 1.54) is 0 Å². The van der Waals surface area contributed by atoms with Gasteiger partial charge in [-0.15, -0.1) is 0 Å². The molecule has 5 nitrogen and oxygen atoms in total. The second-order valence-electron chi connectivity index (χ2n) is 2.82. The molecular formula is C8H15N5S. The predicted molar refractivity (Wildman–Crippen MR) is 61.5 cm³/mol. The van der Waals surface area contributed by atoms with Crippen molar-refractivity contribution < 1.29 is 0 Å². The molecule has 1 rings (SSSR count). The summed E-state index contributed by atoms with van der Waals surface area (Å²) >= 11 is 1.80. The normalized spacial score (nSPS) is 9.93. The predicted octanol–water partition coefficient (Wildman–Crippen LogP) is 0.561. The van der Waals surface area contributed by atoms with E-state index in [1.54, 1.807) is 24.2 Å². The maximum Gasteiger partial charge on any atom is 0.160 e. The van der Waals surface area contributed by atoms with E-state index in [1.807, 2.05) is 11.9 Å². The number of nitrogens with one attached hydrogen (secondary N) is 1. The summed E-state index contributed by atoms with van der Waals surface area (Å²) in [5.41, 5.74) is 2.47. The number of hydrazine groups is 1. The highest BCUT2D eigenvalue weighted by Gasteiger charge is 2.02. The summed E-state index contributed by atoms with van der Waals surface area (Å²) in [7, 11) is 1.99. The molecule has 0 unspecified atom stereocenters. The largest absolute Gasteiger partial charge is 0.358 e. The summed E-state index contributed by atoms with van der Waals surface area (Å²) in [6.45, 7) is 0.948. The second-order valence-corrected chi connectivity index (χ2v) is 3.81. The highest BCUT2D eigenvalue weighted by atomic mass is 32.2. The molecule has 14 heavy (non-hydrogen) atoms. The molecule has 0 saturated carbocycles. The Morgan fingerprint density at radius 1 is 1.57 bits per heavy atom. The molecule has 0 atom stereocenters. The highest BCUT2D eigenvalue weighted by Crippen LogP contribution is 2.10. The number of hydrogen-bond acceptors (Lipinski definition) is 6. The van der Waals surface area contributed by atoms with Crippen molar-refractivity contribution in [3.05, 3.63) is 12.4 Å². The lowest BCUT2D eigenvalue weighted by Gasteiger charge is -2.17. The van der Waals surface area contributed by atoms with Gasteiger partial charge in [0.15, 0.2) is 5.82 Å². The Labute approximate surface area is 88.1 Å². The number of aromatic nitrogens is 2. The number of nitrogens with two attached hydrogens (primary N) is 1. The van der Waals surface area contributed by atoms with Gasteiger partial charge in [-0.05, 0) is 6.26 Å². The Hall–Kier alpha value is -1.01. The van der Waals surface area contributed by atoms with Crippen LogP contribution in [0.15, 0.2) is 12.4 Å². The van der Waals surface area contributed by atoms with Gasteiger partial charge in [0, 0.05) is 19.3 Å². The van der Waals surface area contributed by atoms with Gasteiger partial charge in [0.25, 0.3) is 0 Å². The first-order chi connectivity index (χ1) is 6.77. The van der Waals surface area contributed by atoms with Crippen LogP contribution in [0.1, 0.15) is 0 Å². The molecule has 0 aliphatic rings. The monoisotopic (exact) mass is 213 g/mol. The van der Waals surface area contributed by atoms with Crippen LogP contribution in [-0.4, -0.2) is 35.6 Å². The third-order valence-electron chi connectivity index (χ3n) is 1.79. The Balaban J connectivity index is 2.64. The van der Waals surface area contributed by atoms with E-state index in [-0.39, 0.29) is 0 Å². The van der Waals surface area contributed by atoms with Gasteiger partial charge in [-0.2, -0.15) is 11.8 Å². The van der Waals surface area contributed by atoms with Crippen molar-refractivity contribution in [2.24, 2.45) is 5.84 Å². The first-order valence-corrected chi connectivity index (χ1v) is 5.66. The molecule has 6 heteroatoms. The molecule has 0 fully saturated rings. The van der Waals surface area contributed by atoms with E-state index in [0.717, 1.165) is 18.1 Å². The molecular weight excluding hydrogens is 198 g/mol. The van der Waals surface area contributed by atoms with E-state index in [9.17, 15) is 0 Å². The molecule has 0 bridgehead atoms. The lowest BCUT2D eigenvalue weighted by Crippen LogP contribution is -2.22. The summed E-state index contributed by atoms with van der Waals surface area (Å²) in [6.07, 6.45) is 5.39. The number of hydrogen-bond donors (Lipinski definition) is 2. The van der Waals surface area contributed by atoms with Crippen LogP contribution >= 0.6 is 11.8 Å². The van der Waals surface area contributed by atoms with Gasteiger partial charge in [0.2, 0.25) is 0 Å². The lowest BCUT2D eigenvalue weighted by molar-refractivity contribution is 0.935. The molecule has 0 aromatic carbocycles. The molecule has 0 radical (unpaired) electrons. The molecule has 0 spiro atoms. The Morgan fingerprint density at radius 2 is 2.36 bits per heavy atom. The molecule has 0 saturated heterocycles. The second kappa shape index (κ2) is 5.66. The van der Waals surface area contributed by atoms with Gasteiger partial charge in [-0.25, -0.2) is 10.8 Å². The zero-order chi connectivity index (χ0) is 10.4. The molecule has 3 N–H and O–H groups in total. The van der Waals surface area contributed by atoms with Crippen molar-refractivity contribution in [1.29, 1.82) is 0 Å². The number of nitrogen functional groups attached to an aromatic ring is 1. The molecule has 1 aromatic rings. The number of thioether (sulfide) groups is 1. The molecule has 78 valence electrons. The summed E-state index contributed by atoms with van der Waals surface area (Å²) in [6, 6.07) is 0. The van der Waals surface area contributed by atoms with Crippen LogP contribution in [0.5, 0.6) is 0 Å². The van der Waals surface area contributed by atoms with Crippen molar-refractivity contribution in [2.75, 3.05) is 35.9 Å². The van der Waals surface area contributed by atoms with Crippen molar-refractivity contribution in [3.8, 4) is 0 Å². The van der Waals surface area contributed by atoms with Crippen molar-refractivity contribution in [3.63, 3.8) is 0 Å². The zero-order valence-corrected chi connectivity index (χ0v) is 9.21. The van der Waals surface area contributed by atoms with E-state index >= 15 is 0 Å². The minimum absolute atomic E-state index is 0.582. The van der Waals surface area contributed by atoms with Gasteiger partial charge in [0.1, 0.15) is 5.82 Å². The SMILES string of the molecule is CSCCN(C)c1cncc(NN)n1. The highest BCUT2D eigenvalue weighted by molar-refractivity contribution is 7.98. The van der Waals surface area contributed by atoms with E-state index in [0.29, 0.717) is 5.82 Å². The summed E-state index contributed by atoms with van der Waals surface area (Å²) in [5.74, 6) is 7.72. The fraction of sp³-hybridized carbons (Fsp3) is 0.500. The Kier molecular flexibility index (Phi) is 4.48. The van der Waals surface area contributed by atoms with Gasteiger partial charge in [0.05, 0.1) is 12.4 Å². The molecule has 0 aliphatic carbocycles. The van der Waals surface area contributed by atoms with Crippen LogP contribution in [0.25, 0.3) is 0 Å². The van der Waals surface area contributed by atoms with Crippen LogP contribution in [-0.2, 0) is 0 Å². The van der Waals surface area contributed by atoms with Gasteiger partial charge in [-0.1, -0.05) is 0 Å². The number of rotatable bonds is 5. The van der Waals surface area contributed by atoms with Crippen LogP contribution in [0, 0.1) is 0 Å². The average Bonchev–Trinajstić information content (AvgIpc) is 2.26. The summed E-state index contributed by atoms with van der Waals surface area (Å²) in [4.78, 5) is 10.3. The fourth-order valence-electron chi connectivity index (χ4n) is 0.952. The molecule has 1 aromatic heterocycles. The maximum atomic E-state index is 5.24. The van der Waals surface area contributed by atoms with E-state index in [4.69, 9.17) is 5.84 Å². The summed E-state index contributed by atoms with van der Waals surface area (Å²) in [5, 5.41) is 0. The van der Waals surface area contributed by atoms with Gasteiger partial charge in [-0.3, -0.25) is 4.98 Å². The smallest absolute Gasteiger partial charge is 0.160 e. The molecule has 1 heterocycles. The summed E-state index contributed by atoms with van der Waals surface area (Å²) < 4.78 is 0. The average molecular weight is 213 g/mol. The standard InChI is InChI=1S/C8H15N5S/c1-13(3-4-14-2)8-6-10-5-7(11-8)12-9/h5-6H,3-4,9H2,1-2H3,(H,11,12). The van der Waals surface area contributed by atoms with Crippen molar-refractivity contribution in [1.82, 2.24) is 9.97 Å². The number of anilines is 2. The molecule has 0 aliphatic heterocycles. The Bertz CT molecular complexity index is 280. The van der Waals surface area contributed by atoms with Crippen LogP contribution in [0.3, 0.4) is 0 Å². The zero-order valence-electron chi connectivity index (χ0n) is 8.40. The topological polar surface area (TPSA) is 67.1 Å². The minimum atomic E-state index is 0.582. The van der Waals surface area contributed by atoms with Crippen molar-refractivity contribution in [2.45, 2.75) is 0 Å². The number of nitrogens with zero attached hydrogens (tertiary/aromatic N) is 3. The fourth-order valence-corrected chi connectivity index (χ4v) is 1.41. The third-order valence-corrected chi connectivity index (χ3v) is 2.38. The first-order valence-electron chi connectivity index (χ1n) is 4.26. The first kappa shape index (κ1) is 11.1. The van der Waals surface area contributed by atoms with E-state index in [2.05, 4.69) is 21.6 Å². The Morgan fingerprint density at radius 3 is 3.00 bits per heavy atom. The van der Waals surface area contributed by atoms with Gasteiger partial charge >= 0.3 is 0 Å².